The largest absolute Gasteiger partial charge is 0.481 e. The molecule has 0 aliphatic carbocycles. The van der Waals surface area contributed by atoms with Crippen LogP contribution in [0.2, 0.25) is 0 Å². The van der Waals surface area contributed by atoms with Gasteiger partial charge in [0.2, 0.25) is 0 Å². The van der Waals surface area contributed by atoms with Crippen LogP contribution in [0.3, 0.4) is 0 Å². The molecular formula is C16H21NO2. The number of fused-ring (bicyclic) bond motifs is 1. The van der Waals surface area contributed by atoms with Crippen LogP contribution in [0.25, 0.3) is 10.9 Å². The summed E-state index contributed by atoms with van der Waals surface area (Å²) in [6.45, 7) is 8.16. The van der Waals surface area contributed by atoms with E-state index in [1.165, 1.54) is 16.5 Å². The normalized spacial score (nSPS) is 13.1. The van der Waals surface area contributed by atoms with Gasteiger partial charge in [-0.05, 0) is 36.1 Å². The lowest BCUT2D eigenvalue weighted by Gasteiger charge is -2.05. The minimum absolute atomic E-state index is 0.365. The maximum absolute atomic E-state index is 11.0. The van der Waals surface area contributed by atoms with Crippen molar-refractivity contribution in [3.8, 4) is 0 Å². The van der Waals surface area contributed by atoms with Crippen molar-refractivity contribution < 1.29 is 9.90 Å². The van der Waals surface area contributed by atoms with Gasteiger partial charge < -0.3 is 10.1 Å². The molecule has 1 atom stereocenters. The van der Waals surface area contributed by atoms with Gasteiger partial charge in [0, 0.05) is 23.0 Å². The molecule has 2 rings (SSSR count). The Bertz CT molecular complexity index is 610. The molecule has 0 fully saturated rings. The van der Waals surface area contributed by atoms with Crippen molar-refractivity contribution in [2.75, 3.05) is 0 Å². The molecule has 3 heteroatoms. The molecule has 1 aromatic heterocycles. The number of H-pyrrole nitrogens is 1. The molecule has 19 heavy (non-hydrogen) atoms. The molecule has 2 N–H and O–H groups in total. The third-order valence-electron chi connectivity index (χ3n) is 3.78. The van der Waals surface area contributed by atoms with Gasteiger partial charge in [-0.25, -0.2) is 0 Å². The molecule has 0 bridgehead atoms. The van der Waals surface area contributed by atoms with E-state index in [2.05, 4.69) is 44.0 Å². The number of carbonyl (C=O) groups is 1. The predicted octanol–water partition coefficient (Wildman–Crippen LogP) is 3.86. The van der Waals surface area contributed by atoms with Crippen molar-refractivity contribution >= 4 is 16.9 Å². The second kappa shape index (κ2) is 5.08. The highest BCUT2D eigenvalue weighted by molar-refractivity contribution is 5.85. The average molecular weight is 259 g/mol. The Hall–Kier alpha value is -1.77. The molecular weight excluding hydrogens is 238 g/mol. The third-order valence-corrected chi connectivity index (χ3v) is 3.78. The van der Waals surface area contributed by atoms with Crippen LogP contribution < -0.4 is 0 Å². The van der Waals surface area contributed by atoms with Crippen LogP contribution in [0.4, 0.5) is 0 Å². The molecule has 0 saturated heterocycles. The van der Waals surface area contributed by atoms with Gasteiger partial charge in [0.25, 0.3) is 0 Å². The number of aromatic amines is 1. The summed E-state index contributed by atoms with van der Waals surface area (Å²) in [6.07, 6.45) is 0.548. The number of carboxylic acid groups (broad SMARTS) is 1. The summed E-state index contributed by atoms with van der Waals surface area (Å²) in [7, 11) is 0. The molecule has 1 heterocycles. The van der Waals surface area contributed by atoms with Crippen molar-refractivity contribution in [1.82, 2.24) is 4.98 Å². The number of carboxylic acids is 1. The number of benzene rings is 1. The molecule has 2 aromatic rings. The SMILES string of the molecule is Cc1c(CC(C)C(=O)O)[nH]c2ccc(C(C)C)cc12. The fourth-order valence-corrected chi connectivity index (χ4v) is 2.36. The molecule has 1 aromatic carbocycles. The van der Waals surface area contributed by atoms with Gasteiger partial charge in [-0.2, -0.15) is 0 Å². The van der Waals surface area contributed by atoms with Gasteiger partial charge in [0.1, 0.15) is 0 Å². The Morgan fingerprint density at radius 2 is 2.00 bits per heavy atom. The van der Waals surface area contributed by atoms with E-state index in [4.69, 9.17) is 5.11 Å². The number of hydrogen-bond donors (Lipinski definition) is 2. The third kappa shape index (κ3) is 2.65. The van der Waals surface area contributed by atoms with E-state index in [0.717, 1.165) is 11.2 Å². The summed E-state index contributed by atoms with van der Waals surface area (Å²) in [5, 5.41) is 10.2. The summed E-state index contributed by atoms with van der Waals surface area (Å²) >= 11 is 0. The smallest absolute Gasteiger partial charge is 0.306 e. The Labute approximate surface area is 113 Å². The first-order chi connectivity index (χ1) is 8.90. The van der Waals surface area contributed by atoms with E-state index in [-0.39, 0.29) is 5.92 Å². The monoisotopic (exact) mass is 259 g/mol. The van der Waals surface area contributed by atoms with Crippen LogP contribution >= 0.6 is 0 Å². The van der Waals surface area contributed by atoms with Crippen molar-refractivity contribution in [2.45, 2.75) is 40.0 Å². The van der Waals surface area contributed by atoms with Gasteiger partial charge in [0.05, 0.1) is 5.92 Å². The fraction of sp³-hybridized carbons (Fsp3) is 0.438. The van der Waals surface area contributed by atoms with Gasteiger partial charge in [-0.3, -0.25) is 4.79 Å². The summed E-state index contributed by atoms with van der Waals surface area (Å²) in [4.78, 5) is 14.3. The first kappa shape index (κ1) is 13.7. The molecule has 0 aliphatic rings. The van der Waals surface area contributed by atoms with E-state index in [9.17, 15) is 4.79 Å². The Kier molecular flexibility index (Phi) is 3.65. The second-order valence-corrected chi connectivity index (χ2v) is 5.63. The maximum atomic E-state index is 11.0. The summed E-state index contributed by atoms with van der Waals surface area (Å²) in [6, 6.07) is 6.43. The van der Waals surface area contributed by atoms with Crippen molar-refractivity contribution in [1.29, 1.82) is 0 Å². The highest BCUT2D eigenvalue weighted by atomic mass is 16.4. The van der Waals surface area contributed by atoms with E-state index in [0.29, 0.717) is 12.3 Å². The average Bonchev–Trinajstić information content (AvgIpc) is 2.66. The van der Waals surface area contributed by atoms with Gasteiger partial charge in [0.15, 0.2) is 0 Å². The van der Waals surface area contributed by atoms with Gasteiger partial charge in [-0.1, -0.05) is 26.8 Å². The number of aryl methyl sites for hydroxylation is 1. The summed E-state index contributed by atoms with van der Waals surface area (Å²) in [5.74, 6) is -0.614. The van der Waals surface area contributed by atoms with Gasteiger partial charge in [-0.15, -0.1) is 0 Å². The van der Waals surface area contributed by atoms with Crippen LogP contribution in [0.15, 0.2) is 18.2 Å². The van der Waals surface area contributed by atoms with Gasteiger partial charge >= 0.3 is 5.97 Å². The first-order valence-corrected chi connectivity index (χ1v) is 6.74. The standard InChI is InChI=1S/C16H21NO2/c1-9(2)12-5-6-14-13(8-12)11(4)15(17-14)7-10(3)16(18)19/h5-6,8-10,17H,7H2,1-4H3,(H,18,19). The predicted molar refractivity (Wildman–Crippen MR) is 77.6 cm³/mol. The fourth-order valence-electron chi connectivity index (χ4n) is 2.36. The molecule has 102 valence electrons. The van der Waals surface area contributed by atoms with Crippen LogP contribution in [0.5, 0.6) is 0 Å². The zero-order chi connectivity index (χ0) is 14.2. The lowest BCUT2D eigenvalue weighted by molar-refractivity contribution is -0.141. The minimum atomic E-state index is -0.749. The molecule has 0 radical (unpaired) electrons. The van der Waals surface area contributed by atoms with E-state index >= 15 is 0 Å². The van der Waals surface area contributed by atoms with Crippen LogP contribution in [0.1, 0.15) is 43.5 Å². The quantitative estimate of drug-likeness (QED) is 0.876. The van der Waals surface area contributed by atoms with E-state index in [1.54, 1.807) is 6.92 Å². The molecule has 3 nitrogen and oxygen atoms in total. The van der Waals surface area contributed by atoms with Crippen molar-refractivity contribution in [3.63, 3.8) is 0 Å². The molecule has 0 amide bonds. The Morgan fingerprint density at radius 1 is 1.32 bits per heavy atom. The first-order valence-electron chi connectivity index (χ1n) is 6.74. The highest BCUT2D eigenvalue weighted by Crippen LogP contribution is 2.27. The zero-order valence-corrected chi connectivity index (χ0v) is 11.9. The second-order valence-electron chi connectivity index (χ2n) is 5.63. The van der Waals surface area contributed by atoms with Crippen molar-refractivity contribution in [2.24, 2.45) is 5.92 Å². The molecule has 0 saturated carbocycles. The summed E-state index contributed by atoms with van der Waals surface area (Å²) < 4.78 is 0. The Morgan fingerprint density at radius 3 is 2.58 bits per heavy atom. The number of rotatable bonds is 4. The van der Waals surface area contributed by atoms with Crippen molar-refractivity contribution in [3.05, 3.63) is 35.0 Å². The molecule has 0 aliphatic heterocycles. The van der Waals surface area contributed by atoms with Crippen LogP contribution in [-0.4, -0.2) is 16.1 Å². The molecule has 0 spiro atoms. The topological polar surface area (TPSA) is 53.1 Å². The number of aromatic nitrogens is 1. The van der Waals surface area contributed by atoms with E-state index < -0.39 is 5.97 Å². The maximum Gasteiger partial charge on any atom is 0.306 e. The zero-order valence-electron chi connectivity index (χ0n) is 11.9. The van der Waals surface area contributed by atoms with Crippen LogP contribution in [-0.2, 0) is 11.2 Å². The minimum Gasteiger partial charge on any atom is -0.481 e. The van der Waals surface area contributed by atoms with E-state index in [1.807, 2.05) is 0 Å². The number of hydrogen-bond acceptors (Lipinski definition) is 1. The number of nitrogens with one attached hydrogen (secondary N) is 1. The summed E-state index contributed by atoms with van der Waals surface area (Å²) in [5.41, 5.74) is 4.61. The highest BCUT2D eigenvalue weighted by Gasteiger charge is 2.16. The molecule has 1 unspecified atom stereocenters. The Balaban J connectivity index is 2.42. The number of aliphatic carboxylic acids is 1. The lowest BCUT2D eigenvalue weighted by Crippen LogP contribution is -2.12. The van der Waals surface area contributed by atoms with Crippen LogP contribution in [0, 0.1) is 12.8 Å². The lowest BCUT2D eigenvalue weighted by atomic mass is 9.99.